The zero-order valence-electron chi connectivity index (χ0n) is 10.4. The highest BCUT2D eigenvalue weighted by Crippen LogP contribution is 2.26. The molecule has 0 radical (unpaired) electrons. The van der Waals surface area contributed by atoms with Crippen molar-refractivity contribution in [1.82, 2.24) is 4.90 Å². The Morgan fingerprint density at radius 3 is 2.65 bits per heavy atom. The number of benzene rings is 1. The molecule has 1 fully saturated rings. The zero-order chi connectivity index (χ0) is 12.3. The first-order valence-electron chi connectivity index (χ1n) is 5.92. The fourth-order valence-corrected chi connectivity index (χ4v) is 2.46. The Bertz CT molecular complexity index is 376. The molecule has 0 saturated carbocycles. The summed E-state index contributed by atoms with van der Waals surface area (Å²) in [6, 6.07) is 6.53. The van der Waals surface area contributed by atoms with Gasteiger partial charge in [-0.2, -0.15) is 0 Å². The summed E-state index contributed by atoms with van der Waals surface area (Å²) in [5.74, 6) is 0. The van der Waals surface area contributed by atoms with E-state index in [1.54, 1.807) is 0 Å². The van der Waals surface area contributed by atoms with Gasteiger partial charge < -0.3 is 14.5 Å². The summed E-state index contributed by atoms with van der Waals surface area (Å²) in [7, 11) is 4.20. The summed E-state index contributed by atoms with van der Waals surface area (Å²) in [4.78, 5) is 4.61. The number of morpholine rings is 1. The van der Waals surface area contributed by atoms with Gasteiger partial charge in [-0.05, 0) is 31.8 Å². The van der Waals surface area contributed by atoms with Crippen LogP contribution < -0.4 is 4.90 Å². The van der Waals surface area contributed by atoms with Gasteiger partial charge in [0.15, 0.2) is 0 Å². The van der Waals surface area contributed by atoms with Crippen LogP contribution in [-0.4, -0.2) is 45.3 Å². The van der Waals surface area contributed by atoms with Crippen LogP contribution in [0.5, 0.6) is 0 Å². The van der Waals surface area contributed by atoms with Crippen LogP contribution in [0.3, 0.4) is 0 Å². The average molecular weight is 299 g/mol. The van der Waals surface area contributed by atoms with Gasteiger partial charge in [0.25, 0.3) is 0 Å². The summed E-state index contributed by atoms with van der Waals surface area (Å²) in [5, 5.41) is 0. The quantitative estimate of drug-likeness (QED) is 0.852. The monoisotopic (exact) mass is 298 g/mol. The SMILES string of the molecule is CN(C)Cc1ccc(Br)cc1N1CCOCC1. The van der Waals surface area contributed by atoms with Crippen molar-refractivity contribution >= 4 is 21.6 Å². The first kappa shape index (κ1) is 12.9. The van der Waals surface area contributed by atoms with Gasteiger partial charge in [-0.3, -0.25) is 0 Å². The molecule has 1 aromatic carbocycles. The van der Waals surface area contributed by atoms with Crippen molar-refractivity contribution in [2.45, 2.75) is 6.54 Å². The predicted molar refractivity (Wildman–Crippen MR) is 74.6 cm³/mol. The molecule has 0 aliphatic carbocycles. The van der Waals surface area contributed by atoms with Crippen LogP contribution in [0.25, 0.3) is 0 Å². The molecule has 4 heteroatoms. The Hall–Kier alpha value is -0.580. The third kappa shape index (κ3) is 3.44. The first-order chi connectivity index (χ1) is 8.16. The maximum absolute atomic E-state index is 5.41. The number of halogens is 1. The zero-order valence-corrected chi connectivity index (χ0v) is 12.0. The smallest absolute Gasteiger partial charge is 0.0642 e. The molecule has 0 bridgehead atoms. The molecule has 0 atom stereocenters. The average Bonchev–Trinajstić information content (AvgIpc) is 2.32. The second-order valence-electron chi connectivity index (χ2n) is 4.61. The molecule has 1 heterocycles. The van der Waals surface area contributed by atoms with Crippen LogP contribution in [0.1, 0.15) is 5.56 Å². The largest absolute Gasteiger partial charge is 0.378 e. The lowest BCUT2D eigenvalue weighted by atomic mass is 10.1. The summed E-state index contributed by atoms with van der Waals surface area (Å²) in [6.07, 6.45) is 0. The number of anilines is 1. The molecular weight excluding hydrogens is 280 g/mol. The second kappa shape index (κ2) is 5.85. The minimum absolute atomic E-state index is 0.827. The van der Waals surface area contributed by atoms with Crippen LogP contribution in [-0.2, 0) is 11.3 Å². The molecule has 1 aliphatic rings. The molecule has 0 aromatic heterocycles. The molecule has 3 nitrogen and oxygen atoms in total. The van der Waals surface area contributed by atoms with E-state index in [0.717, 1.165) is 37.3 Å². The minimum atomic E-state index is 0.827. The second-order valence-corrected chi connectivity index (χ2v) is 5.53. The van der Waals surface area contributed by atoms with Crippen molar-refractivity contribution in [3.8, 4) is 0 Å². The molecular formula is C13H19BrN2O. The lowest BCUT2D eigenvalue weighted by Gasteiger charge is -2.31. The van der Waals surface area contributed by atoms with Gasteiger partial charge in [0, 0.05) is 29.8 Å². The van der Waals surface area contributed by atoms with Crippen LogP contribution >= 0.6 is 15.9 Å². The summed E-state index contributed by atoms with van der Waals surface area (Å²) in [6.45, 7) is 4.59. The molecule has 2 rings (SSSR count). The Kier molecular flexibility index (Phi) is 4.42. The molecule has 1 saturated heterocycles. The summed E-state index contributed by atoms with van der Waals surface area (Å²) < 4.78 is 6.55. The summed E-state index contributed by atoms with van der Waals surface area (Å²) >= 11 is 3.56. The third-order valence-corrected chi connectivity index (χ3v) is 3.38. The Morgan fingerprint density at radius 1 is 1.29 bits per heavy atom. The highest BCUT2D eigenvalue weighted by atomic mass is 79.9. The van der Waals surface area contributed by atoms with Crippen molar-refractivity contribution in [2.24, 2.45) is 0 Å². The molecule has 0 N–H and O–H groups in total. The van der Waals surface area contributed by atoms with Gasteiger partial charge >= 0.3 is 0 Å². The Balaban J connectivity index is 2.25. The van der Waals surface area contributed by atoms with Crippen molar-refractivity contribution in [1.29, 1.82) is 0 Å². The normalized spacial score (nSPS) is 16.6. The van der Waals surface area contributed by atoms with Crippen molar-refractivity contribution in [3.05, 3.63) is 28.2 Å². The van der Waals surface area contributed by atoms with E-state index in [9.17, 15) is 0 Å². The van der Waals surface area contributed by atoms with Crippen molar-refractivity contribution in [2.75, 3.05) is 45.3 Å². The summed E-state index contributed by atoms with van der Waals surface area (Å²) in [5.41, 5.74) is 2.71. The van der Waals surface area contributed by atoms with Crippen LogP contribution in [0.15, 0.2) is 22.7 Å². The predicted octanol–water partition coefficient (Wildman–Crippen LogP) is 2.35. The van der Waals surface area contributed by atoms with E-state index in [4.69, 9.17) is 4.74 Å². The van der Waals surface area contributed by atoms with Crippen LogP contribution in [0.2, 0.25) is 0 Å². The van der Waals surface area contributed by atoms with E-state index >= 15 is 0 Å². The molecule has 0 amide bonds. The van der Waals surface area contributed by atoms with Gasteiger partial charge in [-0.15, -0.1) is 0 Å². The van der Waals surface area contributed by atoms with E-state index in [0.29, 0.717) is 0 Å². The highest BCUT2D eigenvalue weighted by molar-refractivity contribution is 9.10. The lowest BCUT2D eigenvalue weighted by Crippen LogP contribution is -2.37. The molecule has 94 valence electrons. The molecule has 0 spiro atoms. The van der Waals surface area contributed by atoms with E-state index in [1.807, 2.05) is 0 Å². The number of hydrogen-bond acceptors (Lipinski definition) is 3. The van der Waals surface area contributed by atoms with Crippen LogP contribution in [0.4, 0.5) is 5.69 Å². The third-order valence-electron chi connectivity index (χ3n) is 2.89. The number of nitrogens with zero attached hydrogens (tertiary/aromatic N) is 2. The van der Waals surface area contributed by atoms with Gasteiger partial charge in [0.05, 0.1) is 13.2 Å². The van der Waals surface area contributed by atoms with Gasteiger partial charge in [-0.1, -0.05) is 22.0 Å². The topological polar surface area (TPSA) is 15.7 Å². The number of ether oxygens (including phenoxy) is 1. The number of hydrogen-bond donors (Lipinski definition) is 0. The van der Waals surface area contributed by atoms with Gasteiger partial charge in [0.2, 0.25) is 0 Å². The van der Waals surface area contributed by atoms with E-state index in [-0.39, 0.29) is 0 Å². The Labute approximate surface area is 111 Å². The Morgan fingerprint density at radius 2 is 2.00 bits per heavy atom. The lowest BCUT2D eigenvalue weighted by molar-refractivity contribution is 0.122. The molecule has 17 heavy (non-hydrogen) atoms. The minimum Gasteiger partial charge on any atom is -0.378 e. The van der Waals surface area contributed by atoms with E-state index in [1.165, 1.54) is 11.3 Å². The molecule has 1 aromatic rings. The van der Waals surface area contributed by atoms with Gasteiger partial charge in [-0.25, -0.2) is 0 Å². The van der Waals surface area contributed by atoms with Crippen molar-refractivity contribution < 1.29 is 4.74 Å². The first-order valence-corrected chi connectivity index (χ1v) is 6.72. The van der Waals surface area contributed by atoms with Crippen LogP contribution in [0, 0.1) is 0 Å². The fraction of sp³-hybridized carbons (Fsp3) is 0.538. The van der Waals surface area contributed by atoms with Gasteiger partial charge in [0.1, 0.15) is 0 Å². The maximum Gasteiger partial charge on any atom is 0.0642 e. The number of rotatable bonds is 3. The fourth-order valence-electron chi connectivity index (χ4n) is 2.11. The standard InChI is InChI=1S/C13H19BrN2O/c1-15(2)10-11-3-4-12(14)9-13(11)16-5-7-17-8-6-16/h3-4,9H,5-8,10H2,1-2H3. The molecule has 0 unspecified atom stereocenters. The van der Waals surface area contributed by atoms with E-state index in [2.05, 4.69) is 58.0 Å². The highest BCUT2D eigenvalue weighted by Gasteiger charge is 2.15. The van der Waals surface area contributed by atoms with E-state index < -0.39 is 0 Å². The van der Waals surface area contributed by atoms with Crippen molar-refractivity contribution in [3.63, 3.8) is 0 Å². The molecule has 1 aliphatic heterocycles. The maximum atomic E-state index is 5.41.